The number of nitrogens with zero attached hydrogens (tertiary/aromatic N) is 1. The molecule has 0 radical (unpaired) electrons. The molecule has 1 aromatic rings. The summed E-state index contributed by atoms with van der Waals surface area (Å²) in [4.78, 5) is 39.0. The zero-order valence-electron chi connectivity index (χ0n) is 14.1. The highest BCUT2D eigenvalue weighted by atomic mass is 16.6. The second-order valence-corrected chi connectivity index (χ2v) is 6.46. The normalized spacial score (nSPS) is 12.8. The zero-order chi connectivity index (χ0) is 17.9. The van der Waals surface area contributed by atoms with Crippen molar-refractivity contribution in [1.82, 2.24) is 10.3 Å². The van der Waals surface area contributed by atoms with E-state index in [4.69, 9.17) is 14.3 Å². The van der Waals surface area contributed by atoms with Crippen molar-refractivity contribution in [3.05, 3.63) is 17.3 Å². The third-order valence-electron chi connectivity index (χ3n) is 2.83. The molecule has 0 saturated carbocycles. The summed E-state index contributed by atoms with van der Waals surface area (Å²) in [5, 5.41) is 11.4. The summed E-state index contributed by atoms with van der Waals surface area (Å²) < 4.78 is 10.2. The van der Waals surface area contributed by atoms with E-state index in [2.05, 4.69) is 10.3 Å². The molecule has 0 aliphatic heterocycles. The molecule has 0 aliphatic rings. The Kier molecular flexibility index (Phi) is 5.52. The molecule has 1 amide bonds. The van der Waals surface area contributed by atoms with Crippen LogP contribution >= 0.6 is 0 Å². The van der Waals surface area contributed by atoms with Crippen LogP contribution in [0, 0.1) is 12.8 Å². The van der Waals surface area contributed by atoms with Gasteiger partial charge < -0.3 is 19.6 Å². The Labute approximate surface area is 134 Å². The first-order valence-corrected chi connectivity index (χ1v) is 7.17. The summed E-state index contributed by atoms with van der Waals surface area (Å²) in [5.41, 5.74) is -1.03. The van der Waals surface area contributed by atoms with E-state index in [1.807, 2.05) is 0 Å². The van der Waals surface area contributed by atoms with Gasteiger partial charge in [-0.1, -0.05) is 13.8 Å². The number of amides is 1. The van der Waals surface area contributed by atoms with Crippen molar-refractivity contribution in [2.24, 2.45) is 5.92 Å². The van der Waals surface area contributed by atoms with Crippen LogP contribution < -0.4 is 5.32 Å². The molecular formula is C15H22N2O6. The smallest absolute Gasteiger partial charge is 0.408 e. The van der Waals surface area contributed by atoms with Crippen LogP contribution in [0.15, 0.2) is 4.42 Å². The summed E-state index contributed by atoms with van der Waals surface area (Å²) in [6.07, 6.45) is -0.744. The quantitative estimate of drug-likeness (QED) is 0.797. The van der Waals surface area contributed by atoms with E-state index in [9.17, 15) is 14.4 Å². The van der Waals surface area contributed by atoms with Gasteiger partial charge in [0.05, 0.1) is 0 Å². The molecule has 8 heteroatoms. The second-order valence-electron chi connectivity index (χ2n) is 6.46. The van der Waals surface area contributed by atoms with Gasteiger partial charge in [0.15, 0.2) is 5.69 Å². The second kappa shape index (κ2) is 6.80. The minimum absolute atomic E-state index is 0.0284. The number of hydrogen-bond acceptors (Lipinski definition) is 6. The molecule has 1 atom stereocenters. The van der Waals surface area contributed by atoms with Gasteiger partial charge in [0.2, 0.25) is 5.78 Å². The first-order chi connectivity index (χ1) is 10.4. The minimum Gasteiger partial charge on any atom is -0.476 e. The number of alkyl carbamates (subject to hydrolysis) is 1. The number of carboxylic acids is 1. The van der Waals surface area contributed by atoms with Gasteiger partial charge in [-0.3, -0.25) is 4.79 Å². The van der Waals surface area contributed by atoms with Crippen molar-refractivity contribution < 1.29 is 28.6 Å². The van der Waals surface area contributed by atoms with Crippen LogP contribution in [0.25, 0.3) is 0 Å². The molecule has 0 saturated heterocycles. The molecule has 23 heavy (non-hydrogen) atoms. The highest BCUT2D eigenvalue weighted by Gasteiger charge is 2.32. The van der Waals surface area contributed by atoms with Gasteiger partial charge in [0.1, 0.15) is 17.4 Å². The van der Waals surface area contributed by atoms with E-state index < -0.39 is 29.5 Å². The maximum atomic E-state index is 12.5. The summed E-state index contributed by atoms with van der Waals surface area (Å²) in [6, 6.07) is -0.940. The number of ketones is 1. The van der Waals surface area contributed by atoms with E-state index in [1.54, 1.807) is 34.6 Å². The number of carbonyl (C=O) groups is 3. The number of aryl methyl sites for hydroxylation is 1. The van der Waals surface area contributed by atoms with Gasteiger partial charge in [-0.2, -0.15) is 4.98 Å². The van der Waals surface area contributed by atoms with Crippen LogP contribution in [-0.2, 0) is 4.74 Å². The average Bonchev–Trinajstić information content (AvgIpc) is 2.75. The molecular weight excluding hydrogens is 304 g/mol. The standard InChI is InChI=1S/C15H22N2O6/c1-7(2)9(17-14(21)23-15(4,5)6)11(18)12-16-10(13(19)20)8(3)22-12/h7,9H,1-6H3,(H,17,21)(H,19,20)/t9-/m0/s1. The average molecular weight is 326 g/mol. The molecule has 0 fully saturated rings. The van der Waals surface area contributed by atoms with Gasteiger partial charge in [-0.15, -0.1) is 0 Å². The van der Waals surface area contributed by atoms with Crippen LogP contribution in [0.2, 0.25) is 0 Å². The predicted molar refractivity (Wildman–Crippen MR) is 80.5 cm³/mol. The highest BCUT2D eigenvalue weighted by Crippen LogP contribution is 2.16. The SMILES string of the molecule is Cc1oc(C(=O)[C@@H](NC(=O)OC(C)(C)C)C(C)C)nc1C(=O)O. The van der Waals surface area contributed by atoms with Gasteiger partial charge >= 0.3 is 12.1 Å². The third kappa shape index (κ3) is 5.08. The zero-order valence-corrected chi connectivity index (χ0v) is 14.1. The lowest BCUT2D eigenvalue weighted by atomic mass is 10.00. The molecule has 1 aromatic heterocycles. The lowest BCUT2D eigenvalue weighted by molar-refractivity contribution is 0.0471. The molecule has 0 aliphatic carbocycles. The minimum atomic E-state index is -1.29. The van der Waals surface area contributed by atoms with Crippen molar-refractivity contribution >= 4 is 17.8 Å². The topological polar surface area (TPSA) is 119 Å². The Bertz CT molecular complexity index is 612. The number of carboxylic acid groups (broad SMARTS) is 1. The largest absolute Gasteiger partial charge is 0.476 e. The number of nitrogens with one attached hydrogen (secondary N) is 1. The summed E-state index contributed by atoms with van der Waals surface area (Å²) in [6.45, 7) is 9.97. The lowest BCUT2D eigenvalue weighted by Gasteiger charge is -2.24. The van der Waals surface area contributed by atoms with E-state index in [1.165, 1.54) is 6.92 Å². The van der Waals surface area contributed by atoms with Crippen LogP contribution in [0.1, 0.15) is 61.6 Å². The number of aromatic nitrogens is 1. The van der Waals surface area contributed by atoms with E-state index in [0.29, 0.717) is 0 Å². The Hall–Kier alpha value is -2.38. The Balaban J connectivity index is 2.97. The van der Waals surface area contributed by atoms with E-state index in [0.717, 1.165) is 0 Å². The van der Waals surface area contributed by atoms with E-state index >= 15 is 0 Å². The maximum absolute atomic E-state index is 12.5. The monoisotopic (exact) mass is 326 g/mol. The number of rotatable bonds is 5. The van der Waals surface area contributed by atoms with Crippen LogP contribution in [0.3, 0.4) is 0 Å². The van der Waals surface area contributed by atoms with Crippen molar-refractivity contribution in [3.63, 3.8) is 0 Å². The number of carbonyl (C=O) groups excluding carboxylic acids is 2. The fourth-order valence-corrected chi connectivity index (χ4v) is 1.80. The molecule has 8 nitrogen and oxygen atoms in total. The molecule has 1 rings (SSSR count). The predicted octanol–water partition coefficient (Wildman–Crippen LogP) is 2.41. The number of oxazole rings is 1. The van der Waals surface area contributed by atoms with E-state index in [-0.39, 0.29) is 23.3 Å². The van der Waals surface area contributed by atoms with Crippen LogP contribution in [0.5, 0.6) is 0 Å². The number of hydrogen-bond donors (Lipinski definition) is 2. The molecule has 0 unspecified atom stereocenters. The molecule has 0 aromatic carbocycles. The maximum Gasteiger partial charge on any atom is 0.408 e. The van der Waals surface area contributed by atoms with Crippen molar-refractivity contribution in [3.8, 4) is 0 Å². The fourth-order valence-electron chi connectivity index (χ4n) is 1.80. The van der Waals surface area contributed by atoms with Crippen LogP contribution in [-0.4, -0.2) is 39.6 Å². The van der Waals surface area contributed by atoms with Gasteiger partial charge in [-0.05, 0) is 33.6 Å². The molecule has 1 heterocycles. The number of ether oxygens (including phenoxy) is 1. The first kappa shape index (κ1) is 18.7. The Morgan fingerprint density at radius 3 is 2.22 bits per heavy atom. The number of aromatic carboxylic acids is 1. The van der Waals surface area contributed by atoms with Crippen molar-refractivity contribution in [2.75, 3.05) is 0 Å². The lowest BCUT2D eigenvalue weighted by Crippen LogP contribution is -2.46. The molecule has 128 valence electrons. The Morgan fingerprint density at radius 2 is 1.83 bits per heavy atom. The third-order valence-corrected chi connectivity index (χ3v) is 2.83. The number of Topliss-reactive ketones (excluding diaryl/α,β-unsaturated/α-hetero) is 1. The summed E-state index contributed by atoms with van der Waals surface area (Å²) >= 11 is 0. The molecule has 0 spiro atoms. The fraction of sp³-hybridized carbons (Fsp3) is 0.600. The summed E-state index contributed by atoms with van der Waals surface area (Å²) in [5.74, 6) is -2.49. The summed E-state index contributed by atoms with van der Waals surface area (Å²) in [7, 11) is 0. The van der Waals surface area contributed by atoms with Crippen molar-refractivity contribution in [1.29, 1.82) is 0 Å². The Morgan fingerprint density at radius 1 is 1.26 bits per heavy atom. The first-order valence-electron chi connectivity index (χ1n) is 7.17. The van der Waals surface area contributed by atoms with Gasteiger partial charge in [0, 0.05) is 0 Å². The van der Waals surface area contributed by atoms with Crippen LogP contribution in [0.4, 0.5) is 4.79 Å². The van der Waals surface area contributed by atoms with Crippen molar-refractivity contribution in [2.45, 2.75) is 53.2 Å². The molecule has 2 N–H and O–H groups in total. The molecule has 0 bridgehead atoms. The van der Waals surface area contributed by atoms with Gasteiger partial charge in [0.25, 0.3) is 5.89 Å². The highest BCUT2D eigenvalue weighted by molar-refractivity contribution is 5.99. The van der Waals surface area contributed by atoms with Gasteiger partial charge in [-0.25, -0.2) is 9.59 Å².